The van der Waals surface area contributed by atoms with Gasteiger partial charge < -0.3 is 19.5 Å². The molecule has 0 spiro atoms. The number of likely N-dealkylation sites (tertiary alicyclic amines) is 1. The number of amides is 1. The predicted octanol–water partition coefficient (Wildman–Crippen LogP) is 2.61. The number of halogens is 1. The highest BCUT2D eigenvalue weighted by Gasteiger charge is 2.48. The average molecular weight is 368 g/mol. The minimum atomic E-state index is -0.861. The Balaban J connectivity index is 1.73. The summed E-state index contributed by atoms with van der Waals surface area (Å²) in [6.07, 6.45) is 0.637. The lowest BCUT2D eigenvalue weighted by molar-refractivity contribution is -0.151. The minimum Gasteiger partial charge on any atom is -0.486 e. The molecule has 1 atom stereocenters. The molecule has 1 saturated heterocycles. The van der Waals surface area contributed by atoms with Crippen molar-refractivity contribution in [2.75, 3.05) is 26.3 Å². The normalized spacial score (nSPS) is 22.3. The summed E-state index contributed by atoms with van der Waals surface area (Å²) >= 11 is 6.21. The Morgan fingerprint density at radius 3 is 2.68 bits per heavy atom. The average Bonchev–Trinajstić information content (AvgIpc) is 3.02. The first-order valence-electron chi connectivity index (χ1n) is 8.42. The summed E-state index contributed by atoms with van der Waals surface area (Å²) in [5.41, 5.74) is -0.128. The number of ether oxygens (including phenoxy) is 2. The number of rotatable bonds is 4. The number of hydrogen-bond acceptors (Lipinski definition) is 4. The van der Waals surface area contributed by atoms with Crippen LogP contribution >= 0.6 is 11.6 Å². The third kappa shape index (κ3) is 3.27. The van der Waals surface area contributed by atoms with Crippen LogP contribution in [0.5, 0.6) is 11.5 Å². The van der Waals surface area contributed by atoms with E-state index < -0.39 is 11.4 Å². The van der Waals surface area contributed by atoms with Crippen LogP contribution in [0.25, 0.3) is 0 Å². The number of carboxylic acids is 1. The molecule has 1 amide bonds. The van der Waals surface area contributed by atoms with E-state index in [1.807, 2.05) is 13.8 Å². The van der Waals surface area contributed by atoms with Crippen molar-refractivity contribution in [1.82, 2.24) is 4.90 Å². The van der Waals surface area contributed by atoms with Crippen LogP contribution in [-0.4, -0.2) is 48.2 Å². The SMILES string of the molecule is CC(C)C1(C(=O)O)CCN(C(=O)Cc2cc(Cl)c3c(c2)OCCO3)C1. The third-order valence-electron chi connectivity index (χ3n) is 5.20. The van der Waals surface area contributed by atoms with Crippen LogP contribution in [-0.2, 0) is 16.0 Å². The van der Waals surface area contributed by atoms with Gasteiger partial charge in [-0.1, -0.05) is 25.4 Å². The van der Waals surface area contributed by atoms with Gasteiger partial charge in [-0.3, -0.25) is 9.59 Å². The zero-order chi connectivity index (χ0) is 18.2. The Bertz CT molecular complexity index is 705. The molecule has 0 bridgehead atoms. The molecule has 136 valence electrons. The fraction of sp³-hybridized carbons (Fsp3) is 0.556. The van der Waals surface area contributed by atoms with Crippen LogP contribution in [0.2, 0.25) is 5.02 Å². The lowest BCUT2D eigenvalue weighted by atomic mass is 9.76. The number of aliphatic carboxylic acids is 1. The maximum atomic E-state index is 12.6. The lowest BCUT2D eigenvalue weighted by Crippen LogP contribution is -2.41. The van der Waals surface area contributed by atoms with Gasteiger partial charge in [0.25, 0.3) is 0 Å². The van der Waals surface area contributed by atoms with Crippen LogP contribution in [0.4, 0.5) is 0 Å². The van der Waals surface area contributed by atoms with E-state index >= 15 is 0 Å². The van der Waals surface area contributed by atoms with Crippen molar-refractivity contribution >= 4 is 23.5 Å². The summed E-state index contributed by atoms with van der Waals surface area (Å²) in [5, 5.41) is 10.0. The number of nitrogens with zero attached hydrogens (tertiary/aromatic N) is 1. The summed E-state index contributed by atoms with van der Waals surface area (Å²) in [7, 11) is 0. The van der Waals surface area contributed by atoms with Gasteiger partial charge in [-0.15, -0.1) is 0 Å². The van der Waals surface area contributed by atoms with Crippen LogP contribution in [0.15, 0.2) is 12.1 Å². The monoisotopic (exact) mass is 367 g/mol. The molecule has 0 aromatic heterocycles. The fourth-order valence-electron chi connectivity index (χ4n) is 3.49. The van der Waals surface area contributed by atoms with E-state index in [4.69, 9.17) is 21.1 Å². The fourth-order valence-corrected chi connectivity index (χ4v) is 3.78. The Morgan fingerprint density at radius 1 is 1.32 bits per heavy atom. The van der Waals surface area contributed by atoms with E-state index in [9.17, 15) is 14.7 Å². The van der Waals surface area contributed by atoms with Crippen molar-refractivity contribution in [2.24, 2.45) is 11.3 Å². The highest BCUT2D eigenvalue weighted by Crippen LogP contribution is 2.40. The van der Waals surface area contributed by atoms with Crippen molar-refractivity contribution in [3.63, 3.8) is 0 Å². The van der Waals surface area contributed by atoms with Gasteiger partial charge in [0.15, 0.2) is 11.5 Å². The molecule has 2 heterocycles. The zero-order valence-electron chi connectivity index (χ0n) is 14.4. The molecular formula is C18H22ClNO5. The van der Waals surface area contributed by atoms with E-state index in [0.717, 1.165) is 5.56 Å². The number of hydrogen-bond donors (Lipinski definition) is 1. The van der Waals surface area contributed by atoms with Gasteiger partial charge in [-0.2, -0.15) is 0 Å². The lowest BCUT2D eigenvalue weighted by Gasteiger charge is -2.28. The van der Waals surface area contributed by atoms with E-state index in [1.165, 1.54) is 0 Å². The standard InChI is InChI=1S/C18H22ClNO5/c1-11(2)18(17(22)23)3-4-20(10-18)15(21)9-12-7-13(19)16-14(8-12)24-5-6-25-16/h7-8,11H,3-6,9-10H2,1-2H3,(H,22,23). The van der Waals surface area contributed by atoms with Gasteiger partial charge in [-0.05, 0) is 30.0 Å². The molecule has 0 radical (unpaired) electrons. The summed E-state index contributed by atoms with van der Waals surface area (Å²) in [6, 6.07) is 3.47. The largest absolute Gasteiger partial charge is 0.486 e. The second-order valence-corrected chi connectivity index (χ2v) is 7.37. The molecule has 1 aromatic rings. The quantitative estimate of drug-likeness (QED) is 0.885. The first-order valence-corrected chi connectivity index (χ1v) is 8.80. The molecule has 1 fully saturated rings. The second-order valence-electron chi connectivity index (χ2n) is 6.96. The zero-order valence-corrected chi connectivity index (χ0v) is 15.1. The number of benzene rings is 1. The van der Waals surface area contributed by atoms with Crippen molar-refractivity contribution in [3.8, 4) is 11.5 Å². The number of fused-ring (bicyclic) bond motifs is 1. The number of carboxylic acid groups (broad SMARTS) is 1. The molecule has 0 saturated carbocycles. The Morgan fingerprint density at radius 2 is 2.04 bits per heavy atom. The number of carbonyl (C=O) groups is 2. The smallest absolute Gasteiger partial charge is 0.311 e. The first kappa shape index (κ1) is 17.9. The molecule has 2 aliphatic rings. The van der Waals surface area contributed by atoms with Crippen molar-refractivity contribution < 1.29 is 24.2 Å². The van der Waals surface area contributed by atoms with E-state index in [-0.39, 0.29) is 24.8 Å². The molecule has 25 heavy (non-hydrogen) atoms. The van der Waals surface area contributed by atoms with Crippen molar-refractivity contribution in [3.05, 3.63) is 22.7 Å². The molecule has 7 heteroatoms. The van der Waals surface area contributed by atoms with Gasteiger partial charge in [0, 0.05) is 13.1 Å². The minimum absolute atomic E-state index is 0.0356. The highest BCUT2D eigenvalue weighted by atomic mass is 35.5. The predicted molar refractivity (Wildman–Crippen MR) is 92.2 cm³/mol. The molecule has 0 aliphatic carbocycles. The van der Waals surface area contributed by atoms with E-state index in [0.29, 0.717) is 42.7 Å². The van der Waals surface area contributed by atoms with Crippen molar-refractivity contribution in [1.29, 1.82) is 0 Å². The highest BCUT2D eigenvalue weighted by molar-refractivity contribution is 6.32. The van der Waals surface area contributed by atoms with Crippen LogP contribution < -0.4 is 9.47 Å². The third-order valence-corrected chi connectivity index (χ3v) is 5.48. The van der Waals surface area contributed by atoms with Crippen LogP contribution in [0.3, 0.4) is 0 Å². The number of carbonyl (C=O) groups excluding carboxylic acids is 1. The molecule has 2 aliphatic heterocycles. The van der Waals surface area contributed by atoms with Gasteiger partial charge in [-0.25, -0.2) is 0 Å². The molecule has 6 nitrogen and oxygen atoms in total. The van der Waals surface area contributed by atoms with Gasteiger partial charge in [0.2, 0.25) is 5.91 Å². The summed E-state index contributed by atoms with van der Waals surface area (Å²) in [5.74, 6) is 0.0863. The second kappa shape index (κ2) is 6.75. The molecule has 1 N–H and O–H groups in total. The summed E-state index contributed by atoms with van der Waals surface area (Å²) < 4.78 is 11.0. The molecule has 1 unspecified atom stereocenters. The van der Waals surface area contributed by atoms with E-state index in [2.05, 4.69) is 0 Å². The van der Waals surface area contributed by atoms with Crippen LogP contribution in [0, 0.1) is 11.3 Å². The maximum absolute atomic E-state index is 12.6. The Hall–Kier alpha value is -1.95. The van der Waals surface area contributed by atoms with Gasteiger partial charge in [0.1, 0.15) is 13.2 Å². The maximum Gasteiger partial charge on any atom is 0.311 e. The topological polar surface area (TPSA) is 76.1 Å². The summed E-state index contributed by atoms with van der Waals surface area (Å²) in [4.78, 5) is 26.0. The molecular weight excluding hydrogens is 346 g/mol. The molecule has 1 aromatic carbocycles. The van der Waals surface area contributed by atoms with E-state index in [1.54, 1.807) is 17.0 Å². The van der Waals surface area contributed by atoms with Gasteiger partial charge in [0.05, 0.1) is 16.9 Å². The summed E-state index contributed by atoms with van der Waals surface area (Å²) in [6.45, 7) is 5.39. The molecule has 3 rings (SSSR count). The Labute approximate surface area is 151 Å². The Kier molecular flexibility index (Phi) is 4.82. The van der Waals surface area contributed by atoms with Crippen LogP contribution in [0.1, 0.15) is 25.8 Å². The van der Waals surface area contributed by atoms with Gasteiger partial charge >= 0.3 is 5.97 Å². The first-order chi connectivity index (χ1) is 11.8. The van der Waals surface area contributed by atoms with Crippen molar-refractivity contribution in [2.45, 2.75) is 26.7 Å².